The first-order valence-corrected chi connectivity index (χ1v) is 6.22. The van der Waals surface area contributed by atoms with Gasteiger partial charge in [0.1, 0.15) is 0 Å². The minimum atomic E-state index is -0.919. The molecule has 16 heavy (non-hydrogen) atoms. The minimum Gasteiger partial charge on any atom is -0.389 e. The smallest absolute Gasteiger partial charge is 0.236 e. The van der Waals surface area contributed by atoms with Crippen LogP contribution in [0, 0.1) is 5.92 Å². The van der Waals surface area contributed by atoms with Crippen molar-refractivity contribution in [3.8, 4) is 0 Å². The number of nitrogens with one attached hydrogen (secondary N) is 1. The lowest BCUT2D eigenvalue weighted by Gasteiger charge is -2.32. The monoisotopic (exact) mass is 230 g/mol. The predicted octanol–water partition coefficient (Wildman–Crippen LogP) is 1.72. The molecule has 0 aromatic carbocycles. The topological polar surface area (TPSA) is 75.3 Å². The van der Waals surface area contributed by atoms with E-state index >= 15 is 0 Å². The number of hydrogen-bond acceptors (Lipinski definition) is 3. The Hall–Kier alpha value is -0.610. The van der Waals surface area contributed by atoms with Crippen molar-refractivity contribution in [2.75, 3.05) is 0 Å². The van der Waals surface area contributed by atoms with Crippen molar-refractivity contribution in [3.63, 3.8) is 0 Å². The van der Waals surface area contributed by atoms with Crippen LogP contribution in [-0.4, -0.2) is 16.6 Å². The highest BCUT2D eigenvalue weighted by Crippen LogP contribution is 2.29. The molecule has 1 amide bonds. The van der Waals surface area contributed by atoms with Crippen molar-refractivity contribution in [2.45, 2.75) is 64.9 Å². The zero-order chi connectivity index (χ0) is 12.6. The van der Waals surface area contributed by atoms with Crippen LogP contribution in [-0.2, 0) is 4.79 Å². The Bertz CT molecular complexity index is 209. The molecule has 0 rings (SSSR count). The van der Waals surface area contributed by atoms with E-state index in [4.69, 9.17) is 5.84 Å². The molecule has 96 valence electrons. The summed E-state index contributed by atoms with van der Waals surface area (Å²) < 4.78 is 0. The van der Waals surface area contributed by atoms with E-state index in [1.807, 2.05) is 13.8 Å². The Balaban J connectivity index is 4.25. The van der Waals surface area contributed by atoms with Gasteiger partial charge in [-0.25, -0.2) is 5.84 Å². The Morgan fingerprint density at radius 3 is 2.50 bits per heavy atom. The van der Waals surface area contributed by atoms with Gasteiger partial charge in [-0.1, -0.05) is 40.0 Å². The molecule has 0 fully saturated rings. The normalized spacial score (nSPS) is 16.6. The number of carbonyl (C=O) groups excluding carboxylic acids is 1. The van der Waals surface area contributed by atoms with E-state index in [-0.39, 0.29) is 18.2 Å². The Kier molecular flexibility index (Phi) is 7.34. The van der Waals surface area contributed by atoms with Gasteiger partial charge in [0.2, 0.25) is 5.91 Å². The van der Waals surface area contributed by atoms with E-state index < -0.39 is 5.60 Å². The van der Waals surface area contributed by atoms with Gasteiger partial charge in [0.05, 0.1) is 12.0 Å². The van der Waals surface area contributed by atoms with Gasteiger partial charge < -0.3 is 5.11 Å². The third-order valence-electron chi connectivity index (χ3n) is 3.40. The summed E-state index contributed by atoms with van der Waals surface area (Å²) in [7, 11) is 0. The summed E-state index contributed by atoms with van der Waals surface area (Å²) in [5.74, 6) is 4.87. The van der Waals surface area contributed by atoms with Crippen LogP contribution in [0.15, 0.2) is 0 Å². The van der Waals surface area contributed by atoms with Crippen molar-refractivity contribution in [1.29, 1.82) is 0 Å². The van der Waals surface area contributed by atoms with Gasteiger partial charge in [0, 0.05) is 0 Å². The molecule has 0 aromatic rings. The Labute approximate surface area is 98.6 Å². The second-order valence-electron chi connectivity index (χ2n) is 4.60. The van der Waals surface area contributed by atoms with E-state index in [9.17, 15) is 9.90 Å². The van der Waals surface area contributed by atoms with Gasteiger partial charge in [0.25, 0.3) is 0 Å². The highest BCUT2D eigenvalue weighted by molar-refractivity contribution is 5.76. The highest BCUT2D eigenvalue weighted by atomic mass is 16.3. The van der Waals surface area contributed by atoms with Gasteiger partial charge in [-0.15, -0.1) is 0 Å². The van der Waals surface area contributed by atoms with Crippen LogP contribution in [0.1, 0.15) is 59.3 Å². The molecule has 0 saturated carbocycles. The Morgan fingerprint density at radius 2 is 2.06 bits per heavy atom. The number of hydrogen-bond donors (Lipinski definition) is 3. The third-order valence-corrected chi connectivity index (χ3v) is 3.40. The summed E-state index contributed by atoms with van der Waals surface area (Å²) in [6, 6.07) is 0. The molecule has 4 nitrogen and oxygen atoms in total. The summed E-state index contributed by atoms with van der Waals surface area (Å²) in [4.78, 5) is 11.2. The third kappa shape index (κ3) is 4.94. The molecule has 0 aliphatic carbocycles. The van der Waals surface area contributed by atoms with E-state index in [0.29, 0.717) is 6.42 Å². The van der Waals surface area contributed by atoms with E-state index in [1.54, 1.807) is 0 Å². The lowest BCUT2D eigenvalue weighted by molar-refractivity contribution is -0.129. The lowest BCUT2D eigenvalue weighted by atomic mass is 9.80. The second-order valence-corrected chi connectivity index (χ2v) is 4.60. The first kappa shape index (κ1) is 15.4. The van der Waals surface area contributed by atoms with Crippen molar-refractivity contribution in [2.24, 2.45) is 11.8 Å². The minimum absolute atomic E-state index is 0.0906. The standard InChI is InChI=1S/C12H26N2O2/c1-4-6-7-8-10(3)12(16,5-2)9-11(15)14-13/h10,16H,4-9,13H2,1-3H3,(H,14,15)/t10-,12-/m0/s1. The summed E-state index contributed by atoms with van der Waals surface area (Å²) in [6.45, 7) is 6.06. The quantitative estimate of drug-likeness (QED) is 0.257. The fourth-order valence-corrected chi connectivity index (χ4v) is 1.95. The first-order valence-electron chi connectivity index (χ1n) is 6.22. The van der Waals surface area contributed by atoms with Crippen LogP contribution in [0.2, 0.25) is 0 Å². The van der Waals surface area contributed by atoms with Crippen LogP contribution in [0.25, 0.3) is 0 Å². The molecule has 0 aliphatic rings. The van der Waals surface area contributed by atoms with Gasteiger partial charge >= 0.3 is 0 Å². The van der Waals surface area contributed by atoms with Gasteiger partial charge in [0.15, 0.2) is 0 Å². The molecular formula is C12H26N2O2. The molecular weight excluding hydrogens is 204 g/mol. The average molecular weight is 230 g/mol. The Morgan fingerprint density at radius 1 is 1.44 bits per heavy atom. The maximum atomic E-state index is 11.2. The zero-order valence-electron chi connectivity index (χ0n) is 10.8. The fourth-order valence-electron chi connectivity index (χ4n) is 1.95. The molecule has 0 unspecified atom stereocenters. The van der Waals surface area contributed by atoms with Crippen molar-refractivity contribution >= 4 is 5.91 Å². The first-order chi connectivity index (χ1) is 7.50. The largest absolute Gasteiger partial charge is 0.389 e. The average Bonchev–Trinajstić information content (AvgIpc) is 2.28. The summed E-state index contributed by atoms with van der Waals surface area (Å²) in [5, 5.41) is 10.4. The van der Waals surface area contributed by atoms with E-state index in [1.165, 1.54) is 12.8 Å². The van der Waals surface area contributed by atoms with Crippen molar-refractivity contribution in [3.05, 3.63) is 0 Å². The number of hydrazine groups is 1. The summed E-state index contributed by atoms with van der Waals surface area (Å²) >= 11 is 0. The zero-order valence-corrected chi connectivity index (χ0v) is 10.8. The SMILES string of the molecule is CCCCC[C@H](C)[C@](O)(CC)CC(=O)NN. The van der Waals surface area contributed by atoms with Crippen molar-refractivity contribution < 1.29 is 9.90 Å². The fraction of sp³-hybridized carbons (Fsp3) is 0.917. The second kappa shape index (κ2) is 7.63. The molecule has 0 radical (unpaired) electrons. The maximum absolute atomic E-state index is 11.2. The van der Waals surface area contributed by atoms with Crippen LogP contribution in [0.4, 0.5) is 0 Å². The molecule has 0 aromatic heterocycles. The number of amides is 1. The molecule has 0 bridgehead atoms. The van der Waals surface area contributed by atoms with E-state index in [0.717, 1.165) is 12.8 Å². The lowest BCUT2D eigenvalue weighted by Crippen LogP contribution is -2.43. The highest BCUT2D eigenvalue weighted by Gasteiger charge is 2.33. The number of carbonyl (C=O) groups is 1. The molecule has 0 heterocycles. The van der Waals surface area contributed by atoms with Crippen LogP contribution >= 0.6 is 0 Å². The molecule has 4 heteroatoms. The molecule has 0 aliphatic heterocycles. The number of aliphatic hydroxyl groups is 1. The summed E-state index contributed by atoms with van der Waals surface area (Å²) in [6.07, 6.45) is 5.06. The van der Waals surface area contributed by atoms with Crippen LogP contribution in [0.5, 0.6) is 0 Å². The molecule has 0 saturated heterocycles. The van der Waals surface area contributed by atoms with Crippen molar-refractivity contribution in [1.82, 2.24) is 5.43 Å². The van der Waals surface area contributed by atoms with Gasteiger partial charge in [-0.3, -0.25) is 10.2 Å². The van der Waals surface area contributed by atoms with Gasteiger partial charge in [-0.2, -0.15) is 0 Å². The number of nitrogens with two attached hydrogens (primary N) is 1. The molecule has 0 spiro atoms. The number of rotatable bonds is 8. The maximum Gasteiger partial charge on any atom is 0.236 e. The number of unbranched alkanes of at least 4 members (excludes halogenated alkanes) is 2. The van der Waals surface area contributed by atoms with Crippen LogP contribution < -0.4 is 11.3 Å². The van der Waals surface area contributed by atoms with Gasteiger partial charge in [-0.05, 0) is 18.8 Å². The summed E-state index contributed by atoms with van der Waals surface area (Å²) in [5.41, 5.74) is 1.16. The molecule has 4 N–H and O–H groups in total. The predicted molar refractivity (Wildman–Crippen MR) is 65.5 cm³/mol. The van der Waals surface area contributed by atoms with Crippen LogP contribution in [0.3, 0.4) is 0 Å². The molecule has 2 atom stereocenters. The van der Waals surface area contributed by atoms with E-state index in [2.05, 4.69) is 12.3 Å².